The summed E-state index contributed by atoms with van der Waals surface area (Å²) in [6, 6.07) is -0.919. The Morgan fingerprint density at radius 3 is 2.82 bits per heavy atom. The average molecular weight is 523 g/mol. The molecule has 2 aliphatic rings. The number of ether oxygens (including phenoxy) is 1. The molecule has 0 radical (unpaired) electrons. The number of carbonyl (C=O) groups is 3. The first-order valence-electron chi connectivity index (χ1n) is 9.61. The molecule has 0 bridgehead atoms. The van der Waals surface area contributed by atoms with E-state index in [2.05, 4.69) is 20.4 Å². The Morgan fingerprint density at radius 1 is 1.41 bits per heavy atom. The highest BCUT2D eigenvalue weighted by atomic mass is 32.2. The molecule has 0 aliphatic carbocycles. The highest BCUT2D eigenvalue weighted by molar-refractivity contribution is 8.00. The molecule has 1 unspecified atom stereocenters. The number of carboxylic acid groups (broad SMARTS) is 1. The van der Waals surface area contributed by atoms with Crippen LogP contribution in [0.25, 0.3) is 6.08 Å². The molecule has 2 aromatic heterocycles. The van der Waals surface area contributed by atoms with Gasteiger partial charge in [-0.15, -0.1) is 34.4 Å². The highest BCUT2D eigenvalue weighted by Crippen LogP contribution is 2.41. The number of carbonyl (C=O) groups excluding carboxylic acids is 2. The lowest BCUT2D eigenvalue weighted by Gasteiger charge is -2.48. The lowest BCUT2D eigenvalue weighted by molar-refractivity contribution is -0.148. The van der Waals surface area contributed by atoms with Gasteiger partial charge in [0.15, 0.2) is 10.8 Å². The topological polar surface area (TPSA) is 169 Å². The third kappa shape index (κ3) is 4.76. The van der Waals surface area contributed by atoms with E-state index in [0.29, 0.717) is 11.3 Å². The summed E-state index contributed by atoms with van der Waals surface area (Å²) in [6.07, 6.45) is 3.63. The minimum atomic E-state index is -1.55. The zero-order valence-corrected chi connectivity index (χ0v) is 20.2. The SMILES string of the molecule is CON=C(C(=O)NC1C(=O)N2C(OC(=O)O)=C(C=Cc3cnc(C)s3)CS[C@@H]12)c1csc(N)n1. The predicted octanol–water partition coefficient (Wildman–Crippen LogP) is 1.86. The molecule has 1 fully saturated rings. The smallest absolute Gasteiger partial charge is 0.449 e. The van der Waals surface area contributed by atoms with E-state index in [4.69, 9.17) is 15.3 Å². The number of thioether (sulfide) groups is 1. The molecule has 15 heteroatoms. The maximum absolute atomic E-state index is 12.9. The Balaban J connectivity index is 1.53. The fourth-order valence-electron chi connectivity index (χ4n) is 3.23. The number of amides is 2. The summed E-state index contributed by atoms with van der Waals surface area (Å²) in [4.78, 5) is 52.1. The number of rotatable bonds is 7. The standard InChI is InChI=1S/C19H18N6O6S3/c1-8-21-5-10(34-8)4-3-9-6-32-17-13(15(27)25(17)16(9)31-19(28)29)23-14(26)12(24-30-2)11-7-33-18(20)22-11/h3-5,7,13,17H,6H2,1-2H3,(H2,20,22)(H,23,26)(H,28,29)/t13?,17-/m0/s1. The van der Waals surface area contributed by atoms with Crippen LogP contribution in [0.15, 0.2) is 34.3 Å². The number of aryl methyl sites for hydroxylation is 1. The number of hydrogen-bond acceptors (Lipinski definition) is 12. The van der Waals surface area contributed by atoms with Crippen LogP contribution in [0.2, 0.25) is 0 Å². The molecule has 2 aromatic rings. The van der Waals surface area contributed by atoms with Crippen molar-refractivity contribution in [2.45, 2.75) is 18.3 Å². The van der Waals surface area contributed by atoms with Crippen molar-refractivity contribution in [3.05, 3.63) is 44.7 Å². The summed E-state index contributed by atoms with van der Waals surface area (Å²) in [5.74, 6) is -0.917. The van der Waals surface area contributed by atoms with Gasteiger partial charge in [-0.2, -0.15) is 0 Å². The Hall–Kier alpha value is -3.43. The fourth-order valence-corrected chi connectivity index (χ4v) is 5.76. The molecule has 1 saturated heterocycles. The number of aromatic nitrogens is 2. The molecule has 2 atom stereocenters. The number of hydrogen-bond donors (Lipinski definition) is 3. The molecule has 12 nitrogen and oxygen atoms in total. The third-order valence-corrected chi connectivity index (χ3v) is 7.52. The van der Waals surface area contributed by atoms with Gasteiger partial charge in [-0.05, 0) is 13.0 Å². The minimum Gasteiger partial charge on any atom is -0.449 e. The van der Waals surface area contributed by atoms with Gasteiger partial charge >= 0.3 is 6.16 Å². The van der Waals surface area contributed by atoms with Crippen molar-refractivity contribution in [3.8, 4) is 0 Å². The fraction of sp³-hybridized carbons (Fsp3) is 0.263. The van der Waals surface area contributed by atoms with Crippen LogP contribution >= 0.6 is 34.4 Å². The van der Waals surface area contributed by atoms with Gasteiger partial charge in [0.1, 0.15) is 24.2 Å². The molecule has 2 amide bonds. The van der Waals surface area contributed by atoms with E-state index in [1.165, 1.54) is 35.1 Å². The van der Waals surface area contributed by atoms with Crippen LogP contribution in [0.5, 0.6) is 0 Å². The molecule has 0 saturated carbocycles. The van der Waals surface area contributed by atoms with Gasteiger partial charge in [-0.3, -0.25) is 14.5 Å². The quantitative estimate of drug-likeness (QED) is 0.211. The summed E-state index contributed by atoms with van der Waals surface area (Å²) in [6.45, 7) is 1.88. The molecular formula is C19H18N6O6S3. The van der Waals surface area contributed by atoms with Gasteiger partial charge in [0.25, 0.3) is 11.8 Å². The molecule has 4 heterocycles. The molecule has 178 valence electrons. The number of nitrogens with one attached hydrogen (secondary N) is 1. The van der Waals surface area contributed by atoms with Crippen LogP contribution in [0.4, 0.5) is 9.93 Å². The molecule has 0 spiro atoms. The second-order valence-corrected chi connectivity index (χ2v) is 10.1. The number of allylic oxidation sites excluding steroid dienone is 1. The van der Waals surface area contributed by atoms with Gasteiger partial charge in [0.05, 0.1) is 5.01 Å². The number of nitrogens with zero attached hydrogens (tertiary/aromatic N) is 4. The van der Waals surface area contributed by atoms with Crippen LogP contribution in [-0.4, -0.2) is 67.9 Å². The van der Waals surface area contributed by atoms with Crippen molar-refractivity contribution in [1.29, 1.82) is 0 Å². The Bertz CT molecular complexity index is 1230. The van der Waals surface area contributed by atoms with Crippen LogP contribution < -0.4 is 11.1 Å². The number of β-lactam (4-membered cyclic amide) rings is 1. The van der Waals surface area contributed by atoms with Crippen LogP contribution in [-0.2, 0) is 19.2 Å². The number of nitrogens with two attached hydrogens (primary N) is 1. The molecule has 2 aliphatic heterocycles. The van der Waals surface area contributed by atoms with Crippen molar-refractivity contribution >= 4 is 69.3 Å². The first-order chi connectivity index (χ1) is 16.3. The molecule has 4 rings (SSSR count). The number of oxime groups is 1. The zero-order valence-electron chi connectivity index (χ0n) is 17.8. The third-order valence-electron chi connectivity index (χ3n) is 4.67. The van der Waals surface area contributed by atoms with E-state index >= 15 is 0 Å². The number of thiazole rings is 2. The molecule has 34 heavy (non-hydrogen) atoms. The van der Waals surface area contributed by atoms with E-state index in [-0.39, 0.29) is 22.4 Å². The maximum atomic E-state index is 12.9. The van der Waals surface area contributed by atoms with Gasteiger partial charge in [0.2, 0.25) is 5.88 Å². The number of anilines is 1. The van der Waals surface area contributed by atoms with Crippen LogP contribution in [0.3, 0.4) is 0 Å². The predicted molar refractivity (Wildman–Crippen MR) is 127 cm³/mol. The molecule has 4 N–H and O–H groups in total. The normalized spacial score (nSPS) is 20.2. The number of fused-ring (bicyclic) bond motifs is 1. The first-order valence-corrected chi connectivity index (χ1v) is 12.4. The Labute approximate surface area is 205 Å². The molecule has 0 aromatic carbocycles. The first kappa shape index (κ1) is 23.7. The van der Waals surface area contributed by atoms with E-state index in [9.17, 15) is 19.5 Å². The van der Waals surface area contributed by atoms with E-state index in [0.717, 1.165) is 21.2 Å². The van der Waals surface area contributed by atoms with Gasteiger partial charge in [-0.1, -0.05) is 11.2 Å². The highest BCUT2D eigenvalue weighted by Gasteiger charge is 2.54. The van der Waals surface area contributed by atoms with E-state index in [1.807, 2.05) is 6.92 Å². The van der Waals surface area contributed by atoms with Crippen molar-refractivity contribution < 1.29 is 29.1 Å². The average Bonchev–Trinajstić information content (AvgIpc) is 3.41. The zero-order chi connectivity index (χ0) is 24.4. The van der Waals surface area contributed by atoms with Gasteiger partial charge in [0, 0.05) is 27.8 Å². The lowest BCUT2D eigenvalue weighted by atomic mass is 10.1. The van der Waals surface area contributed by atoms with Crippen molar-refractivity contribution in [1.82, 2.24) is 20.2 Å². The van der Waals surface area contributed by atoms with Gasteiger partial charge in [-0.25, -0.2) is 14.8 Å². The largest absolute Gasteiger partial charge is 0.512 e. The van der Waals surface area contributed by atoms with Crippen LogP contribution in [0, 0.1) is 6.92 Å². The molecular weight excluding hydrogens is 504 g/mol. The lowest BCUT2D eigenvalue weighted by Crippen LogP contribution is -2.70. The number of nitrogen functional groups attached to an aromatic ring is 1. The van der Waals surface area contributed by atoms with Gasteiger partial charge < -0.3 is 25.7 Å². The summed E-state index contributed by atoms with van der Waals surface area (Å²) in [5, 5.41) is 17.7. The van der Waals surface area contributed by atoms with Crippen LogP contribution in [0.1, 0.15) is 15.6 Å². The van der Waals surface area contributed by atoms with Crippen molar-refractivity contribution in [2.75, 3.05) is 18.6 Å². The Morgan fingerprint density at radius 2 is 2.21 bits per heavy atom. The van der Waals surface area contributed by atoms with Crippen molar-refractivity contribution in [2.24, 2.45) is 5.16 Å². The second-order valence-electron chi connectivity index (χ2n) is 6.87. The van der Waals surface area contributed by atoms with E-state index in [1.54, 1.807) is 23.7 Å². The summed E-state index contributed by atoms with van der Waals surface area (Å²) >= 11 is 3.96. The van der Waals surface area contributed by atoms with Crippen molar-refractivity contribution in [3.63, 3.8) is 0 Å². The maximum Gasteiger partial charge on any atom is 0.512 e. The second kappa shape index (κ2) is 9.82. The summed E-state index contributed by atoms with van der Waals surface area (Å²) in [7, 11) is 1.28. The Kier molecular flexibility index (Phi) is 6.85. The minimum absolute atomic E-state index is 0.0812. The summed E-state index contributed by atoms with van der Waals surface area (Å²) < 4.78 is 4.96. The summed E-state index contributed by atoms with van der Waals surface area (Å²) in [5.41, 5.74) is 6.23. The van der Waals surface area contributed by atoms with E-state index < -0.39 is 29.4 Å². The monoisotopic (exact) mass is 522 g/mol.